The van der Waals surface area contributed by atoms with E-state index < -0.39 is 0 Å². The van der Waals surface area contributed by atoms with Gasteiger partial charge < -0.3 is 10.1 Å². The number of fused-ring (bicyclic) bond motifs is 1. The van der Waals surface area contributed by atoms with Gasteiger partial charge >= 0.3 is 0 Å². The van der Waals surface area contributed by atoms with Gasteiger partial charge in [0.15, 0.2) is 0 Å². The molecule has 3 aromatic rings. The van der Waals surface area contributed by atoms with Crippen LogP contribution in [0.3, 0.4) is 0 Å². The molecule has 4 rings (SSSR count). The van der Waals surface area contributed by atoms with Gasteiger partial charge in [-0.25, -0.2) is 4.39 Å². The molecule has 0 amide bonds. The number of aryl methyl sites for hydroxylation is 1. The number of aromatic nitrogens is 2. The van der Waals surface area contributed by atoms with Crippen molar-refractivity contribution in [1.29, 1.82) is 0 Å². The SMILES string of the molecule is CC.Cc1[nH]nc2cc(C#CC3CCOCC3)c(Nc3ccc(F)cc3)cc12. The first-order chi connectivity index (χ1) is 13.7. The largest absolute Gasteiger partial charge is 0.381 e. The van der Waals surface area contributed by atoms with E-state index in [9.17, 15) is 4.39 Å². The zero-order chi connectivity index (χ0) is 19.9. The van der Waals surface area contributed by atoms with E-state index in [1.54, 1.807) is 12.1 Å². The monoisotopic (exact) mass is 379 g/mol. The summed E-state index contributed by atoms with van der Waals surface area (Å²) in [6.07, 6.45) is 1.94. The molecule has 28 heavy (non-hydrogen) atoms. The standard InChI is InChI=1S/C21H20FN3O.C2H6/c1-14-19-13-20(23-18-6-4-17(22)5-7-18)16(12-21(19)25-24-14)3-2-15-8-10-26-11-9-15;1-2/h4-7,12-13,15,23H,8-11H2,1H3,(H,24,25);1-2H3. The number of nitrogens with zero attached hydrogens (tertiary/aromatic N) is 1. The number of nitrogens with one attached hydrogen (secondary N) is 2. The fourth-order valence-electron chi connectivity index (χ4n) is 3.10. The summed E-state index contributed by atoms with van der Waals surface area (Å²) in [5, 5.41) is 11.8. The highest BCUT2D eigenvalue weighted by Gasteiger charge is 2.12. The third-order valence-corrected chi connectivity index (χ3v) is 4.64. The second kappa shape index (κ2) is 9.38. The number of hydrogen-bond donors (Lipinski definition) is 2. The Morgan fingerprint density at radius 3 is 2.57 bits per heavy atom. The van der Waals surface area contributed by atoms with Crippen LogP contribution in [0, 0.1) is 30.5 Å². The fourth-order valence-corrected chi connectivity index (χ4v) is 3.10. The van der Waals surface area contributed by atoms with Gasteiger partial charge in [-0.05, 0) is 56.2 Å². The molecule has 2 heterocycles. The van der Waals surface area contributed by atoms with Crippen molar-refractivity contribution >= 4 is 22.3 Å². The molecule has 0 radical (unpaired) electrons. The van der Waals surface area contributed by atoms with Crippen molar-refractivity contribution < 1.29 is 9.13 Å². The predicted octanol–water partition coefficient (Wildman–Crippen LogP) is 5.56. The summed E-state index contributed by atoms with van der Waals surface area (Å²) in [5.41, 5.74) is 4.50. The van der Waals surface area contributed by atoms with Crippen LogP contribution in [0.15, 0.2) is 36.4 Å². The minimum Gasteiger partial charge on any atom is -0.381 e. The van der Waals surface area contributed by atoms with E-state index in [1.165, 1.54) is 12.1 Å². The highest BCUT2D eigenvalue weighted by molar-refractivity contribution is 5.88. The van der Waals surface area contributed by atoms with Crippen molar-refractivity contribution in [2.75, 3.05) is 18.5 Å². The Bertz CT molecular complexity index is 977. The Balaban J connectivity index is 0.00000109. The van der Waals surface area contributed by atoms with Crippen LogP contribution in [-0.4, -0.2) is 23.4 Å². The van der Waals surface area contributed by atoms with Crippen LogP contribution < -0.4 is 5.32 Å². The molecule has 0 bridgehead atoms. The van der Waals surface area contributed by atoms with E-state index in [0.29, 0.717) is 5.92 Å². The lowest BCUT2D eigenvalue weighted by molar-refractivity contribution is 0.0807. The Hall–Kier alpha value is -2.84. The smallest absolute Gasteiger partial charge is 0.123 e. The maximum atomic E-state index is 13.2. The van der Waals surface area contributed by atoms with Crippen molar-refractivity contribution in [3.8, 4) is 11.8 Å². The van der Waals surface area contributed by atoms with Gasteiger partial charge in [0.1, 0.15) is 5.82 Å². The maximum absolute atomic E-state index is 13.2. The van der Waals surface area contributed by atoms with Crippen LogP contribution in [0.1, 0.15) is 37.9 Å². The molecule has 0 saturated carbocycles. The van der Waals surface area contributed by atoms with Crippen LogP contribution in [0.5, 0.6) is 0 Å². The first-order valence-electron chi connectivity index (χ1n) is 9.79. The Morgan fingerprint density at radius 2 is 1.86 bits per heavy atom. The highest BCUT2D eigenvalue weighted by Crippen LogP contribution is 2.27. The van der Waals surface area contributed by atoms with E-state index in [0.717, 1.165) is 59.6 Å². The average Bonchev–Trinajstić information content (AvgIpc) is 3.10. The first-order valence-corrected chi connectivity index (χ1v) is 9.79. The zero-order valence-corrected chi connectivity index (χ0v) is 16.6. The molecular formula is C23H26FN3O. The van der Waals surface area contributed by atoms with Gasteiger partial charge in [-0.15, -0.1) is 0 Å². The van der Waals surface area contributed by atoms with Gasteiger partial charge in [0, 0.05) is 35.9 Å². The zero-order valence-electron chi connectivity index (χ0n) is 16.6. The number of anilines is 2. The molecule has 0 atom stereocenters. The van der Waals surface area contributed by atoms with E-state index in [2.05, 4.69) is 27.4 Å². The summed E-state index contributed by atoms with van der Waals surface area (Å²) < 4.78 is 18.6. The maximum Gasteiger partial charge on any atom is 0.123 e. The van der Waals surface area contributed by atoms with E-state index in [4.69, 9.17) is 4.74 Å². The molecule has 1 aromatic heterocycles. The summed E-state index contributed by atoms with van der Waals surface area (Å²) in [6.45, 7) is 7.54. The van der Waals surface area contributed by atoms with Crippen LogP contribution in [-0.2, 0) is 4.74 Å². The number of benzene rings is 2. The molecule has 0 spiro atoms. The molecule has 1 fully saturated rings. The lowest BCUT2D eigenvalue weighted by Gasteiger charge is -2.16. The van der Waals surface area contributed by atoms with Crippen molar-refractivity contribution in [2.45, 2.75) is 33.6 Å². The number of halogens is 1. The third kappa shape index (κ3) is 4.71. The van der Waals surface area contributed by atoms with Crippen LogP contribution in [0.4, 0.5) is 15.8 Å². The lowest BCUT2D eigenvalue weighted by Crippen LogP contribution is -2.13. The average molecular weight is 379 g/mol. The van der Waals surface area contributed by atoms with Gasteiger partial charge in [0.05, 0.1) is 16.8 Å². The van der Waals surface area contributed by atoms with E-state index >= 15 is 0 Å². The van der Waals surface area contributed by atoms with Crippen molar-refractivity contribution in [1.82, 2.24) is 10.2 Å². The van der Waals surface area contributed by atoms with Gasteiger partial charge in [-0.1, -0.05) is 25.7 Å². The highest BCUT2D eigenvalue weighted by atomic mass is 19.1. The molecule has 146 valence electrons. The number of aromatic amines is 1. The van der Waals surface area contributed by atoms with Crippen LogP contribution in [0.25, 0.3) is 10.9 Å². The number of hydrogen-bond acceptors (Lipinski definition) is 3. The molecule has 0 aliphatic carbocycles. The summed E-state index contributed by atoms with van der Waals surface area (Å²) in [7, 11) is 0. The normalized spacial score (nSPS) is 14.0. The number of rotatable bonds is 2. The number of ether oxygens (including phenoxy) is 1. The Kier molecular flexibility index (Phi) is 6.67. The molecular weight excluding hydrogens is 353 g/mol. The second-order valence-electron chi connectivity index (χ2n) is 6.55. The van der Waals surface area contributed by atoms with E-state index in [-0.39, 0.29) is 5.82 Å². The predicted molar refractivity (Wildman–Crippen MR) is 112 cm³/mol. The molecule has 5 heteroatoms. The molecule has 4 nitrogen and oxygen atoms in total. The van der Waals surface area contributed by atoms with Crippen LogP contribution >= 0.6 is 0 Å². The van der Waals surface area contributed by atoms with Crippen molar-refractivity contribution in [2.24, 2.45) is 5.92 Å². The summed E-state index contributed by atoms with van der Waals surface area (Å²) in [5.74, 6) is 6.80. The molecule has 1 aliphatic heterocycles. The van der Waals surface area contributed by atoms with Gasteiger partial charge in [0.25, 0.3) is 0 Å². The van der Waals surface area contributed by atoms with Gasteiger partial charge in [-0.2, -0.15) is 5.10 Å². The topological polar surface area (TPSA) is 49.9 Å². The van der Waals surface area contributed by atoms with Crippen molar-refractivity contribution in [3.05, 3.63) is 53.5 Å². The third-order valence-electron chi connectivity index (χ3n) is 4.64. The van der Waals surface area contributed by atoms with Gasteiger partial charge in [0.2, 0.25) is 0 Å². The van der Waals surface area contributed by atoms with Crippen molar-refractivity contribution in [3.63, 3.8) is 0 Å². The molecule has 2 N–H and O–H groups in total. The first kappa shape index (κ1) is 19.9. The quantitative estimate of drug-likeness (QED) is 0.573. The minimum absolute atomic E-state index is 0.254. The minimum atomic E-state index is -0.254. The summed E-state index contributed by atoms with van der Waals surface area (Å²) >= 11 is 0. The number of H-pyrrole nitrogens is 1. The van der Waals surface area contributed by atoms with E-state index in [1.807, 2.05) is 32.9 Å². The molecule has 1 aliphatic rings. The van der Waals surface area contributed by atoms with Gasteiger partial charge in [-0.3, -0.25) is 5.10 Å². The Morgan fingerprint density at radius 1 is 1.14 bits per heavy atom. The summed E-state index contributed by atoms with van der Waals surface area (Å²) in [4.78, 5) is 0. The second-order valence-corrected chi connectivity index (χ2v) is 6.55. The molecule has 2 aromatic carbocycles. The molecule has 0 unspecified atom stereocenters. The lowest BCUT2D eigenvalue weighted by atomic mass is 10.00. The fraction of sp³-hybridized carbons (Fsp3) is 0.348. The van der Waals surface area contributed by atoms with Crippen LogP contribution in [0.2, 0.25) is 0 Å². The molecule has 1 saturated heterocycles. The summed E-state index contributed by atoms with van der Waals surface area (Å²) in [6, 6.07) is 10.4. The Labute approximate surface area is 165 Å².